The second-order valence-electron chi connectivity index (χ2n) is 10.1. The normalized spacial score (nSPS) is 16.7. The predicted octanol–water partition coefficient (Wildman–Crippen LogP) is 7.14. The fourth-order valence-corrected chi connectivity index (χ4v) is 5.26. The molecular weight excluding hydrogens is 465 g/mol. The zero-order valence-corrected chi connectivity index (χ0v) is 22.3. The van der Waals surface area contributed by atoms with E-state index in [0.29, 0.717) is 11.7 Å². The standard InChI is InChI=1S/C31H38FN3O2/c1-4-25(37-3)16-17-26-21(2)10-18-27-30(26)33-28(19-13-22-8-6-5-7-9-22)31(34-27)35-29(36)20-23-11-14-24(32)15-12-23/h4,11-12,14-17,22H,5-10,13,18-20H2,1-3H3,(H,34,35,36)/b17-16-,25-4+. The number of anilines is 1. The van der Waals surface area contributed by atoms with E-state index in [0.717, 1.165) is 59.7 Å². The summed E-state index contributed by atoms with van der Waals surface area (Å²) in [5.41, 5.74) is 5.77. The first-order chi connectivity index (χ1) is 18.0. The van der Waals surface area contributed by atoms with Gasteiger partial charge in [-0.2, -0.15) is 0 Å². The Morgan fingerprint density at radius 2 is 1.89 bits per heavy atom. The SMILES string of the molecule is C/C=C(\C=C/C1=C(C)CCc2nc(NC(=O)Cc3ccc(F)cc3)c(CCC3CCCCC3)nc21)OC. The number of benzene rings is 1. The van der Waals surface area contributed by atoms with Crippen LogP contribution < -0.4 is 5.32 Å². The molecule has 1 saturated carbocycles. The number of allylic oxidation sites excluding steroid dienone is 5. The van der Waals surface area contributed by atoms with Crippen LogP contribution in [0.4, 0.5) is 10.2 Å². The van der Waals surface area contributed by atoms with Gasteiger partial charge in [0.2, 0.25) is 5.91 Å². The van der Waals surface area contributed by atoms with Crippen molar-refractivity contribution in [2.24, 2.45) is 5.92 Å². The van der Waals surface area contributed by atoms with Gasteiger partial charge in [0.25, 0.3) is 0 Å². The number of halogens is 1. The third-order valence-electron chi connectivity index (χ3n) is 7.48. The highest BCUT2D eigenvalue weighted by molar-refractivity contribution is 5.92. The lowest BCUT2D eigenvalue weighted by Gasteiger charge is -2.23. The Kier molecular flexibility index (Phi) is 9.26. The number of hydrogen-bond donors (Lipinski definition) is 1. The van der Waals surface area contributed by atoms with E-state index in [2.05, 4.69) is 18.3 Å². The third-order valence-corrected chi connectivity index (χ3v) is 7.48. The minimum Gasteiger partial charge on any atom is -0.497 e. The van der Waals surface area contributed by atoms with Gasteiger partial charge in [0.05, 0.1) is 30.6 Å². The van der Waals surface area contributed by atoms with Crippen LogP contribution in [0.2, 0.25) is 0 Å². The highest BCUT2D eigenvalue weighted by Gasteiger charge is 2.23. The molecule has 2 aromatic rings. The molecule has 0 aliphatic heterocycles. The van der Waals surface area contributed by atoms with Crippen molar-refractivity contribution >= 4 is 17.3 Å². The van der Waals surface area contributed by atoms with E-state index in [9.17, 15) is 9.18 Å². The number of rotatable bonds is 9. The molecule has 2 aliphatic rings. The first-order valence-electron chi connectivity index (χ1n) is 13.5. The molecule has 6 heteroatoms. The van der Waals surface area contributed by atoms with Crippen molar-refractivity contribution in [2.45, 2.75) is 78.1 Å². The van der Waals surface area contributed by atoms with E-state index in [1.54, 1.807) is 19.2 Å². The highest BCUT2D eigenvalue weighted by Crippen LogP contribution is 2.33. The van der Waals surface area contributed by atoms with Crippen LogP contribution in [0, 0.1) is 11.7 Å². The molecule has 0 spiro atoms. The van der Waals surface area contributed by atoms with Crippen LogP contribution in [0.5, 0.6) is 0 Å². The summed E-state index contributed by atoms with van der Waals surface area (Å²) < 4.78 is 18.7. The van der Waals surface area contributed by atoms with Gasteiger partial charge in [-0.1, -0.05) is 49.8 Å². The van der Waals surface area contributed by atoms with E-state index in [4.69, 9.17) is 14.7 Å². The van der Waals surface area contributed by atoms with E-state index in [1.807, 2.05) is 19.1 Å². The van der Waals surface area contributed by atoms with Crippen molar-refractivity contribution in [1.82, 2.24) is 9.97 Å². The van der Waals surface area contributed by atoms with Crippen LogP contribution in [-0.2, 0) is 28.8 Å². The fraction of sp³-hybridized carbons (Fsp3) is 0.452. The molecule has 5 nitrogen and oxygen atoms in total. The number of carbonyl (C=O) groups excluding carboxylic acids is 1. The molecule has 4 rings (SSSR count). The lowest BCUT2D eigenvalue weighted by molar-refractivity contribution is -0.115. The summed E-state index contributed by atoms with van der Waals surface area (Å²) in [6, 6.07) is 6.04. The summed E-state index contributed by atoms with van der Waals surface area (Å²) in [6.07, 6.45) is 16.1. The number of nitrogens with one attached hydrogen (secondary N) is 1. The molecule has 2 aliphatic carbocycles. The van der Waals surface area contributed by atoms with Gasteiger partial charge in [-0.05, 0) is 81.4 Å². The third kappa shape index (κ3) is 7.15. The Morgan fingerprint density at radius 3 is 2.59 bits per heavy atom. The Labute approximate surface area is 220 Å². The fourth-order valence-electron chi connectivity index (χ4n) is 5.26. The molecule has 0 unspecified atom stereocenters. The van der Waals surface area contributed by atoms with Crippen LogP contribution >= 0.6 is 0 Å². The highest BCUT2D eigenvalue weighted by atomic mass is 19.1. The zero-order valence-electron chi connectivity index (χ0n) is 22.3. The second-order valence-corrected chi connectivity index (χ2v) is 10.1. The molecule has 1 heterocycles. The smallest absolute Gasteiger partial charge is 0.229 e. The topological polar surface area (TPSA) is 64.1 Å². The molecule has 0 saturated heterocycles. The largest absolute Gasteiger partial charge is 0.497 e. The summed E-state index contributed by atoms with van der Waals surface area (Å²) in [7, 11) is 1.67. The van der Waals surface area contributed by atoms with Gasteiger partial charge >= 0.3 is 0 Å². The molecule has 1 aromatic carbocycles. The van der Waals surface area contributed by atoms with Crippen molar-refractivity contribution in [1.29, 1.82) is 0 Å². The van der Waals surface area contributed by atoms with Crippen LogP contribution in [0.3, 0.4) is 0 Å². The summed E-state index contributed by atoms with van der Waals surface area (Å²) >= 11 is 0. The molecule has 37 heavy (non-hydrogen) atoms. The van der Waals surface area contributed by atoms with E-state index >= 15 is 0 Å². The minimum absolute atomic E-state index is 0.164. The average molecular weight is 504 g/mol. The number of ether oxygens (including phenoxy) is 1. The number of methoxy groups -OCH3 is 1. The van der Waals surface area contributed by atoms with E-state index < -0.39 is 0 Å². The zero-order chi connectivity index (χ0) is 26.2. The summed E-state index contributed by atoms with van der Waals surface area (Å²) in [4.78, 5) is 23.0. The van der Waals surface area contributed by atoms with Crippen LogP contribution in [0.15, 0.2) is 53.8 Å². The second kappa shape index (κ2) is 12.8. The number of amides is 1. The molecule has 0 atom stereocenters. The summed E-state index contributed by atoms with van der Waals surface area (Å²) in [5, 5.41) is 3.04. The molecule has 1 N–H and O–H groups in total. The maximum absolute atomic E-state index is 13.3. The van der Waals surface area contributed by atoms with Gasteiger partial charge in [-0.15, -0.1) is 0 Å². The van der Waals surface area contributed by atoms with Crippen LogP contribution in [-0.4, -0.2) is 23.0 Å². The molecule has 1 fully saturated rings. The molecule has 0 bridgehead atoms. The first kappa shape index (κ1) is 26.8. The molecular formula is C31H38FN3O2. The van der Waals surface area contributed by atoms with Crippen molar-refractivity contribution in [3.63, 3.8) is 0 Å². The summed E-state index contributed by atoms with van der Waals surface area (Å²) in [5.74, 6) is 1.58. The van der Waals surface area contributed by atoms with E-state index in [1.165, 1.54) is 49.8 Å². The average Bonchev–Trinajstić information content (AvgIpc) is 2.91. The molecule has 0 radical (unpaired) electrons. The number of nitrogens with zero attached hydrogens (tertiary/aromatic N) is 2. The van der Waals surface area contributed by atoms with Gasteiger partial charge in [-0.3, -0.25) is 4.79 Å². The maximum atomic E-state index is 13.3. The predicted molar refractivity (Wildman–Crippen MR) is 146 cm³/mol. The maximum Gasteiger partial charge on any atom is 0.229 e. The Bertz CT molecular complexity index is 1190. The number of aryl methyl sites for hydroxylation is 2. The lowest BCUT2D eigenvalue weighted by atomic mass is 9.85. The number of fused-ring (bicyclic) bond motifs is 1. The monoisotopic (exact) mass is 503 g/mol. The summed E-state index contributed by atoms with van der Waals surface area (Å²) in [6.45, 7) is 4.09. The Hall–Kier alpha value is -3.28. The molecule has 1 aromatic heterocycles. The van der Waals surface area contributed by atoms with Crippen LogP contribution in [0.1, 0.15) is 81.4 Å². The van der Waals surface area contributed by atoms with Crippen molar-refractivity contribution < 1.29 is 13.9 Å². The van der Waals surface area contributed by atoms with Crippen molar-refractivity contribution in [3.8, 4) is 0 Å². The van der Waals surface area contributed by atoms with Crippen molar-refractivity contribution in [2.75, 3.05) is 12.4 Å². The van der Waals surface area contributed by atoms with Gasteiger partial charge in [0.1, 0.15) is 11.6 Å². The minimum atomic E-state index is -0.310. The van der Waals surface area contributed by atoms with Gasteiger partial charge in [0, 0.05) is 5.57 Å². The number of carbonyl (C=O) groups is 1. The van der Waals surface area contributed by atoms with Crippen LogP contribution in [0.25, 0.3) is 5.57 Å². The van der Waals surface area contributed by atoms with Crippen molar-refractivity contribution in [3.05, 3.63) is 82.3 Å². The first-order valence-corrected chi connectivity index (χ1v) is 13.5. The molecule has 196 valence electrons. The number of aromatic nitrogens is 2. The quantitative estimate of drug-likeness (QED) is 0.292. The van der Waals surface area contributed by atoms with Gasteiger partial charge in [0.15, 0.2) is 5.82 Å². The number of hydrogen-bond acceptors (Lipinski definition) is 4. The lowest BCUT2D eigenvalue weighted by Crippen LogP contribution is -2.20. The van der Waals surface area contributed by atoms with Gasteiger partial charge < -0.3 is 10.1 Å². The Morgan fingerprint density at radius 1 is 1.14 bits per heavy atom. The van der Waals surface area contributed by atoms with Gasteiger partial charge in [-0.25, -0.2) is 14.4 Å². The molecule has 1 amide bonds. The van der Waals surface area contributed by atoms with E-state index in [-0.39, 0.29) is 18.1 Å². The Balaban J connectivity index is 1.62.